The molecular formula is C50H63N3O13. The van der Waals surface area contributed by atoms with Gasteiger partial charge in [-0.2, -0.15) is 0 Å². The highest BCUT2D eigenvalue weighted by Gasteiger charge is 2.60. The maximum atomic E-state index is 13.8. The number of likely N-dealkylation sites (N-methyl/N-ethyl adjacent to an activating group) is 1. The number of amides is 3. The minimum Gasteiger partial charge on any atom is -0.456 e. The van der Waals surface area contributed by atoms with Gasteiger partial charge in [-0.1, -0.05) is 113 Å². The Kier molecular flexibility index (Phi) is 15.1. The summed E-state index contributed by atoms with van der Waals surface area (Å²) in [5.74, 6) is -1.05. The molecule has 5 aliphatic rings. The number of nitrogens with one attached hydrogen (secondary N) is 2. The standard InChI is InChI=1S/C50H63N3O13/c1-7-37-28(2)23-29(3)45(60-37)66-47-39-43(65-50(57)53(39)6)42-38(61-47)24-30(4)46(64-42)63-41-31(5)40(62-44(54)34-21-15-10-16-22-34)35(51-48(55)58-26-32-17-11-8-12-18-32)25-36(41)52-49(56)59-27-33-19-13-9-14-20-33/h8-22,28-31,35-43,45-47H,7,23-27H2,1-6H3,(H,51,55)(H,52,56)/t28-,29?,30?,31+,35+,36?,37?,38-,39?,40?,41-,42?,43?,45+,46-,47?/m0/s1. The summed E-state index contributed by atoms with van der Waals surface area (Å²) in [5.41, 5.74) is 1.91. The molecule has 2 N–H and O–H groups in total. The number of ether oxygens (including phenoxy) is 9. The number of carbonyl (C=O) groups excluding carboxylic acids is 4. The van der Waals surface area contributed by atoms with Crippen LogP contribution in [0, 0.1) is 23.7 Å². The molecule has 1 saturated carbocycles. The molecule has 1 aliphatic carbocycles. The van der Waals surface area contributed by atoms with Crippen molar-refractivity contribution in [2.75, 3.05) is 7.05 Å². The maximum Gasteiger partial charge on any atom is 0.410 e. The zero-order chi connectivity index (χ0) is 46.5. The maximum absolute atomic E-state index is 13.8. The van der Waals surface area contributed by atoms with Crippen molar-refractivity contribution >= 4 is 24.2 Å². The Hall–Kier alpha value is -5.26. The van der Waals surface area contributed by atoms with Crippen LogP contribution in [-0.4, -0.2) is 110 Å². The van der Waals surface area contributed by atoms with Gasteiger partial charge >= 0.3 is 24.2 Å². The van der Waals surface area contributed by atoms with Crippen molar-refractivity contribution in [3.63, 3.8) is 0 Å². The van der Waals surface area contributed by atoms with E-state index in [1.54, 1.807) is 37.4 Å². The predicted octanol–water partition coefficient (Wildman–Crippen LogP) is 7.34. The van der Waals surface area contributed by atoms with Crippen molar-refractivity contribution in [1.29, 1.82) is 0 Å². The molecule has 66 heavy (non-hydrogen) atoms. The van der Waals surface area contributed by atoms with Gasteiger partial charge in [0.15, 0.2) is 25.0 Å². The molecule has 4 saturated heterocycles. The first kappa shape index (κ1) is 47.2. The number of hydrogen-bond donors (Lipinski definition) is 2. The van der Waals surface area contributed by atoms with Crippen LogP contribution in [-0.2, 0) is 55.8 Å². The largest absolute Gasteiger partial charge is 0.456 e. The molecule has 356 valence electrons. The van der Waals surface area contributed by atoms with E-state index in [2.05, 4.69) is 31.4 Å². The smallest absolute Gasteiger partial charge is 0.410 e. The Morgan fingerprint density at radius 2 is 1.21 bits per heavy atom. The summed E-state index contributed by atoms with van der Waals surface area (Å²) in [4.78, 5) is 55.6. The van der Waals surface area contributed by atoms with Gasteiger partial charge in [0.1, 0.15) is 31.5 Å². The van der Waals surface area contributed by atoms with E-state index in [1.165, 1.54) is 4.90 Å². The first-order valence-electron chi connectivity index (χ1n) is 23.3. The molecule has 3 aromatic rings. The fourth-order valence-corrected chi connectivity index (χ4v) is 10.1. The summed E-state index contributed by atoms with van der Waals surface area (Å²) >= 11 is 0. The molecular weight excluding hydrogens is 851 g/mol. The molecule has 16 nitrogen and oxygen atoms in total. The Bertz CT molecular complexity index is 2100. The van der Waals surface area contributed by atoms with Gasteiger partial charge in [0.2, 0.25) is 0 Å². The molecule has 0 aromatic heterocycles. The minimum atomic E-state index is -0.957. The lowest BCUT2D eigenvalue weighted by atomic mass is 9.78. The van der Waals surface area contributed by atoms with E-state index in [9.17, 15) is 19.2 Å². The number of alkyl carbamates (subject to hydrolysis) is 2. The van der Waals surface area contributed by atoms with Crippen LogP contribution in [0.5, 0.6) is 0 Å². The van der Waals surface area contributed by atoms with E-state index in [1.807, 2.05) is 74.5 Å². The zero-order valence-corrected chi connectivity index (χ0v) is 38.4. The lowest BCUT2D eigenvalue weighted by Gasteiger charge is -2.51. The molecule has 16 heteroatoms. The molecule has 4 aliphatic heterocycles. The molecule has 4 heterocycles. The molecule has 9 unspecified atom stereocenters. The van der Waals surface area contributed by atoms with E-state index in [0.29, 0.717) is 17.9 Å². The monoisotopic (exact) mass is 913 g/mol. The topological polar surface area (TPSA) is 179 Å². The molecule has 0 spiro atoms. The number of hydrogen-bond acceptors (Lipinski definition) is 13. The second kappa shape index (κ2) is 21.1. The summed E-state index contributed by atoms with van der Waals surface area (Å²) in [6, 6.07) is 24.8. The van der Waals surface area contributed by atoms with E-state index in [0.717, 1.165) is 24.0 Å². The van der Waals surface area contributed by atoms with Crippen molar-refractivity contribution in [2.24, 2.45) is 23.7 Å². The molecule has 16 atom stereocenters. The Morgan fingerprint density at radius 1 is 0.652 bits per heavy atom. The van der Waals surface area contributed by atoms with Gasteiger partial charge in [-0.3, -0.25) is 4.90 Å². The van der Waals surface area contributed by atoms with Crippen LogP contribution in [0.15, 0.2) is 91.0 Å². The summed E-state index contributed by atoms with van der Waals surface area (Å²) in [5, 5.41) is 5.93. The minimum absolute atomic E-state index is 0.0112. The molecule has 8 rings (SSSR count). The summed E-state index contributed by atoms with van der Waals surface area (Å²) in [6.45, 7) is 10.2. The third-order valence-corrected chi connectivity index (χ3v) is 13.7. The van der Waals surface area contributed by atoms with Crippen LogP contribution in [0.1, 0.15) is 81.8 Å². The van der Waals surface area contributed by atoms with Gasteiger partial charge in [0.05, 0.1) is 36.0 Å². The number of esters is 1. The van der Waals surface area contributed by atoms with Gasteiger partial charge < -0.3 is 53.3 Å². The van der Waals surface area contributed by atoms with Crippen molar-refractivity contribution in [3.8, 4) is 0 Å². The van der Waals surface area contributed by atoms with Crippen LogP contribution in [0.4, 0.5) is 14.4 Å². The fraction of sp³-hybridized carbons (Fsp3) is 0.560. The highest BCUT2D eigenvalue weighted by molar-refractivity contribution is 5.89. The van der Waals surface area contributed by atoms with E-state index in [4.69, 9.17) is 42.6 Å². The van der Waals surface area contributed by atoms with Gasteiger partial charge in [-0.25, -0.2) is 19.2 Å². The highest BCUT2D eigenvalue weighted by Crippen LogP contribution is 2.44. The Labute approximate surface area is 386 Å². The van der Waals surface area contributed by atoms with Crippen LogP contribution < -0.4 is 10.6 Å². The van der Waals surface area contributed by atoms with Crippen LogP contribution in [0.2, 0.25) is 0 Å². The second-order valence-corrected chi connectivity index (χ2v) is 18.5. The van der Waals surface area contributed by atoms with Gasteiger partial charge in [-0.15, -0.1) is 0 Å². The summed E-state index contributed by atoms with van der Waals surface area (Å²) < 4.78 is 57.1. The molecule has 3 aromatic carbocycles. The SMILES string of the molecule is CCC1O[C@H](OC2O[C@H]3CC(C)[C@@H](O[C@@H]4C(NC(=O)OCc5ccccc5)C[C@@H](NC(=O)OCc5ccccc5)C(OC(=O)c5ccccc5)[C@H]4C)OC3C3OC(=O)N(C)C23)C(C)C[C@@H]1C. The number of rotatable bonds is 13. The first-order valence-corrected chi connectivity index (χ1v) is 23.3. The van der Waals surface area contributed by atoms with Crippen molar-refractivity contribution < 1.29 is 61.8 Å². The predicted molar refractivity (Wildman–Crippen MR) is 237 cm³/mol. The van der Waals surface area contributed by atoms with Gasteiger partial charge in [0.25, 0.3) is 0 Å². The third kappa shape index (κ3) is 10.8. The van der Waals surface area contributed by atoms with Crippen LogP contribution in [0.3, 0.4) is 0 Å². The molecule has 0 bridgehead atoms. The number of carbonyl (C=O) groups is 4. The van der Waals surface area contributed by atoms with E-state index < -0.39 is 97.7 Å². The van der Waals surface area contributed by atoms with Gasteiger partial charge in [0, 0.05) is 24.8 Å². The van der Waals surface area contributed by atoms with Crippen molar-refractivity contribution in [2.45, 2.75) is 147 Å². The molecule has 3 amide bonds. The lowest BCUT2D eigenvalue weighted by Crippen LogP contribution is -2.66. The number of benzene rings is 3. The average Bonchev–Trinajstić information content (AvgIpc) is 3.62. The van der Waals surface area contributed by atoms with Crippen LogP contribution in [0.25, 0.3) is 0 Å². The first-order chi connectivity index (χ1) is 31.9. The summed E-state index contributed by atoms with van der Waals surface area (Å²) in [6.07, 6.45) is -5.71. The highest BCUT2D eigenvalue weighted by atomic mass is 16.8. The lowest BCUT2D eigenvalue weighted by molar-refractivity contribution is -0.366. The van der Waals surface area contributed by atoms with Crippen molar-refractivity contribution in [1.82, 2.24) is 15.5 Å². The average molecular weight is 914 g/mol. The third-order valence-electron chi connectivity index (χ3n) is 13.7. The number of nitrogens with zero attached hydrogens (tertiary/aromatic N) is 1. The van der Waals surface area contributed by atoms with Crippen molar-refractivity contribution in [3.05, 3.63) is 108 Å². The molecule has 0 radical (unpaired) electrons. The summed E-state index contributed by atoms with van der Waals surface area (Å²) in [7, 11) is 1.66. The normalized spacial score (nSPS) is 35.1. The van der Waals surface area contributed by atoms with E-state index >= 15 is 0 Å². The fourth-order valence-electron chi connectivity index (χ4n) is 10.1. The molecule has 5 fully saturated rings. The Balaban J connectivity index is 1.03. The second-order valence-electron chi connectivity index (χ2n) is 18.5. The van der Waals surface area contributed by atoms with Crippen LogP contribution >= 0.6 is 0 Å². The quantitative estimate of drug-likeness (QED) is 0.129. The van der Waals surface area contributed by atoms with E-state index in [-0.39, 0.29) is 37.6 Å². The number of fused-ring (bicyclic) bond motifs is 3. The van der Waals surface area contributed by atoms with Gasteiger partial charge in [-0.05, 0) is 54.9 Å². The Morgan fingerprint density at radius 3 is 1.82 bits per heavy atom. The zero-order valence-electron chi connectivity index (χ0n) is 38.4.